The third kappa shape index (κ3) is 2.93. The fourth-order valence-corrected chi connectivity index (χ4v) is 1.68. The monoisotopic (exact) mass is 207 g/mol. The van der Waals surface area contributed by atoms with E-state index in [4.69, 9.17) is 0 Å². The number of aromatic nitrogens is 2. The van der Waals surface area contributed by atoms with Gasteiger partial charge in [-0.1, -0.05) is 13.0 Å². The molecule has 3 heteroatoms. The van der Waals surface area contributed by atoms with Crippen molar-refractivity contribution in [2.75, 3.05) is 6.54 Å². The molecule has 0 saturated carbocycles. The van der Waals surface area contributed by atoms with Crippen LogP contribution in [0.15, 0.2) is 12.7 Å². The number of hydrogen-bond donors (Lipinski definition) is 1. The van der Waals surface area contributed by atoms with Gasteiger partial charge in [0.1, 0.15) is 0 Å². The Labute approximate surface area is 92.2 Å². The minimum atomic E-state index is 0.792. The Hall–Kier alpha value is -1.09. The molecule has 1 heterocycles. The zero-order valence-corrected chi connectivity index (χ0v) is 10.0. The summed E-state index contributed by atoms with van der Waals surface area (Å²) in [4.78, 5) is 0. The van der Waals surface area contributed by atoms with Gasteiger partial charge in [-0.05, 0) is 26.8 Å². The molecule has 1 aromatic heterocycles. The van der Waals surface area contributed by atoms with E-state index in [0.717, 1.165) is 25.3 Å². The van der Waals surface area contributed by atoms with E-state index in [1.165, 1.54) is 17.7 Å². The van der Waals surface area contributed by atoms with Crippen LogP contribution in [-0.4, -0.2) is 16.3 Å². The zero-order valence-electron chi connectivity index (χ0n) is 10.0. The van der Waals surface area contributed by atoms with Gasteiger partial charge >= 0.3 is 0 Å². The van der Waals surface area contributed by atoms with Crippen molar-refractivity contribution in [2.45, 2.75) is 40.3 Å². The lowest BCUT2D eigenvalue weighted by molar-refractivity contribution is 0.658. The molecular formula is C12H21N3. The van der Waals surface area contributed by atoms with E-state index < -0.39 is 0 Å². The number of allylic oxidation sites excluding steroid dienone is 1. The summed E-state index contributed by atoms with van der Waals surface area (Å²) in [7, 11) is 0. The van der Waals surface area contributed by atoms with Gasteiger partial charge in [0.15, 0.2) is 0 Å². The van der Waals surface area contributed by atoms with Crippen molar-refractivity contribution in [3.8, 4) is 0 Å². The van der Waals surface area contributed by atoms with Gasteiger partial charge in [-0.3, -0.25) is 4.68 Å². The van der Waals surface area contributed by atoms with Crippen LogP contribution in [0.4, 0.5) is 0 Å². The Kier molecular flexibility index (Phi) is 4.56. The van der Waals surface area contributed by atoms with Gasteiger partial charge in [0.25, 0.3) is 0 Å². The van der Waals surface area contributed by atoms with E-state index in [0.29, 0.717) is 0 Å². The molecule has 0 bridgehead atoms. The van der Waals surface area contributed by atoms with Crippen LogP contribution in [0, 0.1) is 13.8 Å². The second-order valence-corrected chi connectivity index (χ2v) is 3.80. The highest BCUT2D eigenvalue weighted by molar-refractivity contribution is 5.24. The first-order valence-corrected chi connectivity index (χ1v) is 5.55. The second kappa shape index (κ2) is 5.71. The van der Waals surface area contributed by atoms with E-state index >= 15 is 0 Å². The molecule has 0 amide bonds. The average Bonchev–Trinajstić information content (AvgIpc) is 2.46. The number of rotatable bonds is 6. The second-order valence-electron chi connectivity index (χ2n) is 3.80. The van der Waals surface area contributed by atoms with Gasteiger partial charge < -0.3 is 5.32 Å². The van der Waals surface area contributed by atoms with Gasteiger partial charge in [0.2, 0.25) is 0 Å². The average molecular weight is 207 g/mol. The summed E-state index contributed by atoms with van der Waals surface area (Å²) in [5.41, 5.74) is 3.69. The quantitative estimate of drug-likeness (QED) is 0.572. The maximum atomic E-state index is 4.48. The molecule has 0 unspecified atom stereocenters. The van der Waals surface area contributed by atoms with Crippen molar-refractivity contribution < 1.29 is 0 Å². The summed E-state index contributed by atoms with van der Waals surface area (Å²) in [6.07, 6.45) is 3.04. The van der Waals surface area contributed by atoms with Gasteiger partial charge in [-0.15, -0.1) is 6.58 Å². The number of nitrogens with zero attached hydrogens (tertiary/aromatic N) is 2. The molecule has 0 aliphatic carbocycles. The van der Waals surface area contributed by atoms with Gasteiger partial charge in [-0.2, -0.15) is 5.10 Å². The van der Waals surface area contributed by atoms with Gasteiger partial charge in [0.05, 0.1) is 12.2 Å². The standard InChI is InChI=1S/C12H21N3/c1-5-7-13-9-12-10(3)14-15(8-6-2)11(12)4/h6,13H,2,5,7-9H2,1,3-4H3. The molecule has 0 aliphatic rings. The number of aryl methyl sites for hydroxylation is 1. The smallest absolute Gasteiger partial charge is 0.0641 e. The first kappa shape index (κ1) is 12.0. The Morgan fingerprint density at radius 2 is 2.20 bits per heavy atom. The minimum Gasteiger partial charge on any atom is -0.313 e. The van der Waals surface area contributed by atoms with E-state index in [9.17, 15) is 0 Å². The number of nitrogens with one attached hydrogen (secondary N) is 1. The van der Waals surface area contributed by atoms with E-state index in [2.05, 4.69) is 37.8 Å². The van der Waals surface area contributed by atoms with Crippen LogP contribution >= 0.6 is 0 Å². The molecule has 0 spiro atoms. The van der Waals surface area contributed by atoms with Gasteiger partial charge in [-0.25, -0.2) is 0 Å². The highest BCUT2D eigenvalue weighted by Gasteiger charge is 2.09. The Balaban J connectivity index is 2.73. The van der Waals surface area contributed by atoms with Crippen LogP contribution in [0.1, 0.15) is 30.3 Å². The molecule has 15 heavy (non-hydrogen) atoms. The van der Waals surface area contributed by atoms with Crippen molar-refractivity contribution in [3.63, 3.8) is 0 Å². The predicted molar refractivity (Wildman–Crippen MR) is 63.9 cm³/mol. The highest BCUT2D eigenvalue weighted by atomic mass is 15.3. The van der Waals surface area contributed by atoms with Crippen LogP contribution in [-0.2, 0) is 13.1 Å². The summed E-state index contributed by atoms with van der Waals surface area (Å²) in [6.45, 7) is 12.9. The summed E-state index contributed by atoms with van der Waals surface area (Å²) in [5.74, 6) is 0. The van der Waals surface area contributed by atoms with Crippen molar-refractivity contribution in [1.82, 2.24) is 15.1 Å². The Bertz CT molecular complexity index is 326. The lowest BCUT2D eigenvalue weighted by Crippen LogP contribution is -2.15. The third-order valence-electron chi connectivity index (χ3n) is 2.56. The van der Waals surface area contributed by atoms with Crippen molar-refractivity contribution in [2.24, 2.45) is 0 Å². The first-order chi connectivity index (χ1) is 7.20. The van der Waals surface area contributed by atoms with Crippen LogP contribution in [0.5, 0.6) is 0 Å². The number of hydrogen-bond acceptors (Lipinski definition) is 2. The van der Waals surface area contributed by atoms with Crippen LogP contribution in [0.25, 0.3) is 0 Å². The summed E-state index contributed by atoms with van der Waals surface area (Å²) >= 11 is 0. The summed E-state index contributed by atoms with van der Waals surface area (Å²) < 4.78 is 2.01. The fourth-order valence-electron chi connectivity index (χ4n) is 1.68. The normalized spacial score (nSPS) is 10.6. The molecule has 1 aromatic rings. The highest BCUT2D eigenvalue weighted by Crippen LogP contribution is 2.12. The molecule has 84 valence electrons. The summed E-state index contributed by atoms with van der Waals surface area (Å²) in [5, 5.41) is 7.89. The van der Waals surface area contributed by atoms with Crippen molar-refractivity contribution in [3.05, 3.63) is 29.6 Å². The van der Waals surface area contributed by atoms with Crippen LogP contribution < -0.4 is 5.32 Å². The molecule has 0 radical (unpaired) electrons. The van der Waals surface area contributed by atoms with Crippen LogP contribution in [0.2, 0.25) is 0 Å². The molecule has 3 nitrogen and oxygen atoms in total. The predicted octanol–water partition coefficient (Wildman–Crippen LogP) is 2.19. The molecule has 1 rings (SSSR count). The van der Waals surface area contributed by atoms with E-state index in [1.807, 2.05) is 10.8 Å². The Morgan fingerprint density at radius 3 is 2.80 bits per heavy atom. The maximum absolute atomic E-state index is 4.48. The zero-order chi connectivity index (χ0) is 11.3. The molecule has 0 saturated heterocycles. The Morgan fingerprint density at radius 1 is 1.47 bits per heavy atom. The lowest BCUT2D eigenvalue weighted by atomic mass is 10.2. The summed E-state index contributed by atoms with van der Waals surface area (Å²) in [6, 6.07) is 0. The SMILES string of the molecule is C=CCn1nc(C)c(CNCCC)c1C. The van der Waals surface area contributed by atoms with Crippen LogP contribution in [0.3, 0.4) is 0 Å². The van der Waals surface area contributed by atoms with E-state index in [-0.39, 0.29) is 0 Å². The third-order valence-corrected chi connectivity index (χ3v) is 2.56. The molecule has 0 aromatic carbocycles. The fraction of sp³-hybridized carbons (Fsp3) is 0.583. The lowest BCUT2D eigenvalue weighted by Gasteiger charge is -2.04. The molecular weight excluding hydrogens is 186 g/mol. The molecule has 0 atom stereocenters. The topological polar surface area (TPSA) is 29.9 Å². The first-order valence-electron chi connectivity index (χ1n) is 5.55. The van der Waals surface area contributed by atoms with Crippen molar-refractivity contribution in [1.29, 1.82) is 0 Å². The van der Waals surface area contributed by atoms with Crippen molar-refractivity contribution >= 4 is 0 Å². The molecule has 1 N–H and O–H groups in total. The van der Waals surface area contributed by atoms with Gasteiger partial charge in [0, 0.05) is 17.8 Å². The minimum absolute atomic E-state index is 0.792. The largest absolute Gasteiger partial charge is 0.313 e. The molecule has 0 fully saturated rings. The maximum Gasteiger partial charge on any atom is 0.0641 e. The molecule has 0 aliphatic heterocycles. The van der Waals surface area contributed by atoms with E-state index in [1.54, 1.807) is 0 Å².